The van der Waals surface area contributed by atoms with Crippen LogP contribution in [0.4, 0.5) is 0 Å². The molecule has 0 saturated carbocycles. The molecule has 4 nitrogen and oxygen atoms in total. The number of aryl methyl sites for hydroxylation is 1. The van der Waals surface area contributed by atoms with E-state index >= 15 is 0 Å². The Morgan fingerprint density at radius 3 is 2.82 bits per heavy atom. The lowest BCUT2D eigenvalue weighted by Gasteiger charge is -2.16. The molecule has 17 heavy (non-hydrogen) atoms. The van der Waals surface area contributed by atoms with Gasteiger partial charge in [-0.2, -0.15) is 5.10 Å². The fourth-order valence-corrected chi connectivity index (χ4v) is 1.90. The van der Waals surface area contributed by atoms with Gasteiger partial charge in [-0.15, -0.1) is 0 Å². The maximum atomic E-state index is 5.41. The van der Waals surface area contributed by atoms with Crippen LogP contribution in [0.3, 0.4) is 0 Å². The molecule has 0 spiro atoms. The van der Waals surface area contributed by atoms with Crippen molar-refractivity contribution in [3.05, 3.63) is 18.0 Å². The Labute approximate surface area is 104 Å². The Bertz CT molecular complexity index is 299. The van der Waals surface area contributed by atoms with Crippen molar-refractivity contribution in [3.8, 4) is 0 Å². The average Bonchev–Trinajstić information content (AvgIpc) is 2.77. The molecule has 98 valence electrons. The van der Waals surface area contributed by atoms with Gasteiger partial charge in [-0.3, -0.25) is 4.68 Å². The Morgan fingerprint density at radius 2 is 2.24 bits per heavy atom. The van der Waals surface area contributed by atoms with Crippen LogP contribution >= 0.6 is 0 Å². The van der Waals surface area contributed by atoms with Gasteiger partial charge in [-0.25, -0.2) is 0 Å². The molecule has 0 amide bonds. The highest BCUT2D eigenvalue weighted by molar-refractivity contribution is 5.06. The van der Waals surface area contributed by atoms with Gasteiger partial charge in [-0.1, -0.05) is 6.92 Å². The van der Waals surface area contributed by atoms with Crippen LogP contribution in [0.5, 0.6) is 0 Å². The zero-order valence-electron chi connectivity index (χ0n) is 11.3. The van der Waals surface area contributed by atoms with Crippen LogP contribution in [-0.4, -0.2) is 35.6 Å². The van der Waals surface area contributed by atoms with Gasteiger partial charge in [-0.05, 0) is 38.8 Å². The standard InChI is InChI=1S/C13H25N3O/c1-4-14-13(7-8-17-6-3)9-12-10-15-16(5-2)11-12/h10-11,13-14H,4-9H2,1-3H3. The maximum Gasteiger partial charge on any atom is 0.0522 e. The highest BCUT2D eigenvalue weighted by atomic mass is 16.5. The van der Waals surface area contributed by atoms with E-state index in [1.165, 1.54) is 5.56 Å². The Morgan fingerprint density at radius 1 is 1.41 bits per heavy atom. The van der Waals surface area contributed by atoms with Crippen LogP contribution in [0.15, 0.2) is 12.4 Å². The van der Waals surface area contributed by atoms with Crippen molar-refractivity contribution in [2.24, 2.45) is 0 Å². The first-order chi connectivity index (χ1) is 8.30. The SMILES string of the molecule is CCNC(CCOCC)Cc1cnn(CC)c1. The maximum absolute atomic E-state index is 5.41. The molecule has 0 bridgehead atoms. The highest BCUT2D eigenvalue weighted by Crippen LogP contribution is 2.05. The molecule has 1 aromatic rings. The summed E-state index contributed by atoms with van der Waals surface area (Å²) < 4.78 is 7.39. The smallest absolute Gasteiger partial charge is 0.0522 e. The van der Waals surface area contributed by atoms with E-state index in [9.17, 15) is 0 Å². The van der Waals surface area contributed by atoms with Crippen molar-refractivity contribution in [3.63, 3.8) is 0 Å². The molecule has 0 aliphatic heterocycles. The first-order valence-electron chi connectivity index (χ1n) is 6.62. The third kappa shape index (κ3) is 5.33. The molecule has 4 heteroatoms. The van der Waals surface area contributed by atoms with Crippen LogP contribution in [0.25, 0.3) is 0 Å². The second-order valence-electron chi connectivity index (χ2n) is 4.15. The molecule has 1 rings (SSSR count). The van der Waals surface area contributed by atoms with Gasteiger partial charge in [0.25, 0.3) is 0 Å². The summed E-state index contributed by atoms with van der Waals surface area (Å²) in [5, 5.41) is 7.80. The molecular weight excluding hydrogens is 214 g/mol. The minimum Gasteiger partial charge on any atom is -0.382 e. The van der Waals surface area contributed by atoms with E-state index in [1.807, 2.05) is 17.8 Å². The van der Waals surface area contributed by atoms with E-state index in [0.717, 1.165) is 39.1 Å². The Kier molecular flexibility index (Phi) is 6.89. The van der Waals surface area contributed by atoms with Crippen LogP contribution in [0, 0.1) is 0 Å². The highest BCUT2D eigenvalue weighted by Gasteiger charge is 2.09. The lowest BCUT2D eigenvalue weighted by molar-refractivity contribution is 0.136. The van der Waals surface area contributed by atoms with Gasteiger partial charge in [0.1, 0.15) is 0 Å². The molecule has 1 unspecified atom stereocenters. The molecule has 1 aromatic heterocycles. The first-order valence-corrected chi connectivity index (χ1v) is 6.62. The molecule has 0 aliphatic rings. The molecule has 0 aromatic carbocycles. The van der Waals surface area contributed by atoms with E-state index in [1.54, 1.807) is 0 Å². The molecule has 0 fully saturated rings. The van der Waals surface area contributed by atoms with Crippen molar-refractivity contribution >= 4 is 0 Å². The van der Waals surface area contributed by atoms with Gasteiger partial charge in [0, 0.05) is 32.0 Å². The van der Waals surface area contributed by atoms with E-state index in [4.69, 9.17) is 4.74 Å². The Balaban J connectivity index is 2.41. The molecule has 0 radical (unpaired) electrons. The van der Waals surface area contributed by atoms with E-state index in [-0.39, 0.29) is 0 Å². The van der Waals surface area contributed by atoms with Crippen LogP contribution < -0.4 is 5.32 Å². The minimum atomic E-state index is 0.487. The van der Waals surface area contributed by atoms with Crippen molar-refractivity contribution in [1.82, 2.24) is 15.1 Å². The van der Waals surface area contributed by atoms with Gasteiger partial charge in [0.2, 0.25) is 0 Å². The molecule has 1 N–H and O–H groups in total. The number of ether oxygens (including phenoxy) is 1. The number of hydrogen-bond donors (Lipinski definition) is 1. The van der Waals surface area contributed by atoms with Crippen molar-refractivity contribution in [2.45, 2.75) is 46.2 Å². The van der Waals surface area contributed by atoms with Crippen LogP contribution in [0.2, 0.25) is 0 Å². The average molecular weight is 239 g/mol. The second kappa shape index (κ2) is 8.25. The van der Waals surface area contributed by atoms with Gasteiger partial charge in [0.15, 0.2) is 0 Å². The third-order valence-corrected chi connectivity index (χ3v) is 2.80. The fourth-order valence-electron chi connectivity index (χ4n) is 1.90. The van der Waals surface area contributed by atoms with Gasteiger partial charge < -0.3 is 10.1 Å². The number of rotatable bonds is 9. The minimum absolute atomic E-state index is 0.487. The third-order valence-electron chi connectivity index (χ3n) is 2.80. The van der Waals surface area contributed by atoms with E-state index < -0.39 is 0 Å². The number of likely N-dealkylation sites (N-methyl/N-ethyl adjacent to an activating group) is 1. The normalized spacial score (nSPS) is 12.9. The van der Waals surface area contributed by atoms with Crippen molar-refractivity contribution in [2.75, 3.05) is 19.8 Å². The molecule has 0 aliphatic carbocycles. The largest absolute Gasteiger partial charge is 0.382 e. The monoisotopic (exact) mass is 239 g/mol. The fraction of sp³-hybridized carbons (Fsp3) is 0.769. The summed E-state index contributed by atoms with van der Waals surface area (Å²) in [6, 6.07) is 0.487. The predicted octanol–water partition coefficient (Wildman–Crippen LogP) is 1.85. The number of nitrogens with one attached hydrogen (secondary N) is 1. The lowest BCUT2D eigenvalue weighted by atomic mass is 10.1. The molecule has 1 atom stereocenters. The summed E-state index contributed by atoms with van der Waals surface area (Å²) in [4.78, 5) is 0. The molecule has 1 heterocycles. The lowest BCUT2D eigenvalue weighted by Crippen LogP contribution is -2.32. The zero-order chi connectivity index (χ0) is 12.5. The summed E-state index contributed by atoms with van der Waals surface area (Å²) in [5.74, 6) is 0. The van der Waals surface area contributed by atoms with Crippen molar-refractivity contribution in [1.29, 1.82) is 0 Å². The quantitative estimate of drug-likeness (QED) is 0.668. The number of aromatic nitrogens is 2. The van der Waals surface area contributed by atoms with Crippen LogP contribution in [0.1, 0.15) is 32.8 Å². The molecular formula is C13H25N3O. The van der Waals surface area contributed by atoms with E-state index in [0.29, 0.717) is 6.04 Å². The van der Waals surface area contributed by atoms with E-state index in [2.05, 4.69) is 30.5 Å². The number of hydrogen-bond acceptors (Lipinski definition) is 3. The van der Waals surface area contributed by atoms with Gasteiger partial charge in [0.05, 0.1) is 6.20 Å². The number of nitrogens with zero attached hydrogens (tertiary/aromatic N) is 2. The Hall–Kier alpha value is -0.870. The first kappa shape index (κ1) is 14.2. The molecule has 0 saturated heterocycles. The van der Waals surface area contributed by atoms with Crippen molar-refractivity contribution < 1.29 is 4.74 Å². The summed E-state index contributed by atoms with van der Waals surface area (Å²) in [6.45, 7) is 9.84. The van der Waals surface area contributed by atoms with Gasteiger partial charge >= 0.3 is 0 Å². The summed E-state index contributed by atoms with van der Waals surface area (Å²) in [7, 11) is 0. The van der Waals surface area contributed by atoms with Crippen LogP contribution in [-0.2, 0) is 17.7 Å². The topological polar surface area (TPSA) is 39.1 Å². The summed E-state index contributed by atoms with van der Waals surface area (Å²) in [5.41, 5.74) is 1.30. The predicted molar refractivity (Wildman–Crippen MR) is 70.2 cm³/mol. The summed E-state index contributed by atoms with van der Waals surface area (Å²) >= 11 is 0. The second-order valence-corrected chi connectivity index (χ2v) is 4.15. The summed E-state index contributed by atoms with van der Waals surface area (Å²) in [6.07, 6.45) is 6.18. The zero-order valence-corrected chi connectivity index (χ0v) is 11.3.